The van der Waals surface area contributed by atoms with Crippen LogP contribution in [0.15, 0.2) is 12.4 Å². The zero-order valence-corrected chi connectivity index (χ0v) is 10.7. The van der Waals surface area contributed by atoms with Crippen molar-refractivity contribution in [1.82, 2.24) is 9.97 Å². The molecule has 2 heterocycles. The fourth-order valence-electron chi connectivity index (χ4n) is 2.12. The highest BCUT2D eigenvalue weighted by Crippen LogP contribution is 2.26. The molecular weight excluding hydrogens is 228 g/mol. The zero-order valence-electron chi connectivity index (χ0n) is 10.7. The standard InChI is InChI=1S/C13H18N4O/c1-17(6-2-5-14)13-9-12(15-10-16-13)11-3-7-18-8-4-11/h9-11H,2-4,6-8H2,1H3. The van der Waals surface area contributed by atoms with Crippen molar-refractivity contribution in [3.8, 4) is 6.07 Å². The Morgan fingerprint density at radius 3 is 2.94 bits per heavy atom. The van der Waals surface area contributed by atoms with Gasteiger partial charge in [0.15, 0.2) is 0 Å². The lowest BCUT2D eigenvalue weighted by Gasteiger charge is -2.23. The fraction of sp³-hybridized carbons (Fsp3) is 0.615. The maximum atomic E-state index is 8.60. The number of anilines is 1. The van der Waals surface area contributed by atoms with Gasteiger partial charge in [0.2, 0.25) is 0 Å². The maximum absolute atomic E-state index is 8.60. The second-order valence-electron chi connectivity index (χ2n) is 4.52. The summed E-state index contributed by atoms with van der Waals surface area (Å²) in [5.41, 5.74) is 1.09. The Morgan fingerprint density at radius 2 is 2.22 bits per heavy atom. The summed E-state index contributed by atoms with van der Waals surface area (Å²) in [6.45, 7) is 2.32. The summed E-state index contributed by atoms with van der Waals surface area (Å²) in [6, 6.07) is 4.18. The molecule has 0 amide bonds. The summed E-state index contributed by atoms with van der Waals surface area (Å²) in [6.07, 6.45) is 4.17. The number of rotatable bonds is 4. The van der Waals surface area contributed by atoms with Gasteiger partial charge in [0, 0.05) is 44.5 Å². The molecule has 0 unspecified atom stereocenters. The van der Waals surface area contributed by atoms with Crippen LogP contribution in [0.5, 0.6) is 0 Å². The van der Waals surface area contributed by atoms with Crippen LogP contribution >= 0.6 is 0 Å². The Hall–Kier alpha value is -1.67. The van der Waals surface area contributed by atoms with Crippen molar-refractivity contribution in [2.24, 2.45) is 0 Å². The molecule has 96 valence electrons. The Balaban J connectivity index is 2.06. The summed E-state index contributed by atoms with van der Waals surface area (Å²) in [7, 11) is 1.95. The largest absolute Gasteiger partial charge is 0.381 e. The van der Waals surface area contributed by atoms with Gasteiger partial charge in [-0.1, -0.05) is 0 Å². The van der Waals surface area contributed by atoms with E-state index in [0.717, 1.165) is 37.6 Å². The molecule has 1 aromatic heterocycles. The molecular formula is C13H18N4O. The van der Waals surface area contributed by atoms with Crippen LogP contribution in [-0.2, 0) is 4.74 Å². The van der Waals surface area contributed by atoms with E-state index in [1.807, 2.05) is 18.0 Å². The van der Waals surface area contributed by atoms with Crippen LogP contribution in [0.3, 0.4) is 0 Å². The number of hydrogen-bond acceptors (Lipinski definition) is 5. The van der Waals surface area contributed by atoms with Gasteiger partial charge < -0.3 is 9.64 Å². The minimum atomic E-state index is 0.477. The van der Waals surface area contributed by atoms with E-state index in [4.69, 9.17) is 10.00 Å². The Morgan fingerprint density at radius 1 is 1.44 bits per heavy atom. The van der Waals surface area contributed by atoms with Crippen molar-refractivity contribution < 1.29 is 4.74 Å². The molecule has 18 heavy (non-hydrogen) atoms. The molecule has 1 fully saturated rings. The first-order valence-electron chi connectivity index (χ1n) is 6.29. The van der Waals surface area contributed by atoms with Crippen LogP contribution in [0.25, 0.3) is 0 Å². The van der Waals surface area contributed by atoms with Gasteiger partial charge in [0.05, 0.1) is 12.5 Å². The van der Waals surface area contributed by atoms with Crippen molar-refractivity contribution >= 4 is 5.82 Å². The molecule has 0 saturated carbocycles. The molecule has 0 atom stereocenters. The molecule has 0 N–H and O–H groups in total. The first-order chi connectivity index (χ1) is 8.81. The smallest absolute Gasteiger partial charge is 0.131 e. The highest BCUT2D eigenvalue weighted by molar-refractivity contribution is 5.38. The molecule has 5 heteroatoms. The molecule has 1 saturated heterocycles. The predicted molar refractivity (Wildman–Crippen MR) is 68.3 cm³/mol. The average molecular weight is 246 g/mol. The molecule has 1 aliphatic rings. The highest BCUT2D eigenvalue weighted by atomic mass is 16.5. The van der Waals surface area contributed by atoms with Crippen LogP contribution in [-0.4, -0.2) is 36.8 Å². The van der Waals surface area contributed by atoms with Crippen molar-refractivity contribution in [3.63, 3.8) is 0 Å². The molecule has 0 bridgehead atoms. The van der Waals surface area contributed by atoms with Crippen LogP contribution in [0.1, 0.15) is 30.9 Å². The summed E-state index contributed by atoms with van der Waals surface area (Å²) in [5, 5.41) is 8.60. The Kier molecular flexibility index (Phi) is 4.48. The SMILES string of the molecule is CN(CCC#N)c1cc(C2CCOCC2)ncn1. The molecule has 2 rings (SSSR count). The zero-order chi connectivity index (χ0) is 12.8. The number of nitrogens with zero attached hydrogens (tertiary/aromatic N) is 4. The van der Waals surface area contributed by atoms with Gasteiger partial charge in [-0.3, -0.25) is 0 Å². The molecule has 0 aromatic carbocycles. The lowest BCUT2D eigenvalue weighted by atomic mass is 9.96. The van der Waals surface area contributed by atoms with E-state index < -0.39 is 0 Å². The average Bonchev–Trinajstić information content (AvgIpc) is 2.46. The van der Waals surface area contributed by atoms with E-state index in [1.54, 1.807) is 6.33 Å². The van der Waals surface area contributed by atoms with Crippen LogP contribution in [0.4, 0.5) is 5.82 Å². The number of hydrogen-bond donors (Lipinski definition) is 0. The molecule has 5 nitrogen and oxygen atoms in total. The van der Waals surface area contributed by atoms with Crippen molar-refractivity contribution in [3.05, 3.63) is 18.1 Å². The molecule has 0 aliphatic carbocycles. The lowest BCUT2D eigenvalue weighted by Crippen LogP contribution is -2.21. The van der Waals surface area contributed by atoms with E-state index in [1.165, 1.54) is 0 Å². The van der Waals surface area contributed by atoms with E-state index in [0.29, 0.717) is 18.9 Å². The summed E-state index contributed by atoms with van der Waals surface area (Å²) < 4.78 is 5.36. The van der Waals surface area contributed by atoms with E-state index >= 15 is 0 Å². The van der Waals surface area contributed by atoms with Gasteiger partial charge >= 0.3 is 0 Å². The minimum Gasteiger partial charge on any atom is -0.381 e. The first-order valence-corrected chi connectivity index (χ1v) is 6.29. The van der Waals surface area contributed by atoms with Crippen molar-refractivity contribution in [2.45, 2.75) is 25.2 Å². The number of nitriles is 1. The minimum absolute atomic E-state index is 0.477. The van der Waals surface area contributed by atoms with E-state index in [9.17, 15) is 0 Å². The molecule has 0 radical (unpaired) electrons. The van der Waals surface area contributed by atoms with E-state index in [2.05, 4.69) is 16.0 Å². The summed E-state index contributed by atoms with van der Waals surface area (Å²) in [5.74, 6) is 1.37. The van der Waals surface area contributed by atoms with Crippen LogP contribution in [0, 0.1) is 11.3 Å². The lowest BCUT2D eigenvalue weighted by molar-refractivity contribution is 0.0845. The maximum Gasteiger partial charge on any atom is 0.131 e. The second-order valence-corrected chi connectivity index (χ2v) is 4.52. The topological polar surface area (TPSA) is 62.0 Å². The van der Waals surface area contributed by atoms with Gasteiger partial charge in [0.25, 0.3) is 0 Å². The quantitative estimate of drug-likeness (QED) is 0.809. The number of ether oxygens (including phenoxy) is 1. The molecule has 1 aromatic rings. The Labute approximate surface area is 107 Å². The summed E-state index contributed by atoms with van der Waals surface area (Å²) >= 11 is 0. The third-order valence-electron chi connectivity index (χ3n) is 3.26. The van der Waals surface area contributed by atoms with Gasteiger partial charge in [-0.15, -0.1) is 0 Å². The van der Waals surface area contributed by atoms with Crippen LogP contribution < -0.4 is 4.90 Å². The first kappa shape index (κ1) is 12.8. The third-order valence-corrected chi connectivity index (χ3v) is 3.26. The monoisotopic (exact) mass is 246 g/mol. The van der Waals surface area contributed by atoms with Gasteiger partial charge in [-0.25, -0.2) is 9.97 Å². The van der Waals surface area contributed by atoms with Gasteiger partial charge in [-0.2, -0.15) is 5.26 Å². The van der Waals surface area contributed by atoms with Gasteiger partial charge in [0.1, 0.15) is 12.1 Å². The fourth-order valence-corrected chi connectivity index (χ4v) is 2.12. The predicted octanol–water partition coefficient (Wildman–Crippen LogP) is 1.72. The van der Waals surface area contributed by atoms with E-state index in [-0.39, 0.29) is 0 Å². The number of aromatic nitrogens is 2. The van der Waals surface area contributed by atoms with Gasteiger partial charge in [-0.05, 0) is 12.8 Å². The molecule has 0 spiro atoms. The normalized spacial score (nSPS) is 16.2. The Bertz CT molecular complexity index is 423. The van der Waals surface area contributed by atoms with Crippen molar-refractivity contribution in [2.75, 3.05) is 31.7 Å². The third kappa shape index (κ3) is 3.17. The molecule has 1 aliphatic heterocycles. The van der Waals surface area contributed by atoms with Crippen LogP contribution in [0.2, 0.25) is 0 Å². The summed E-state index contributed by atoms with van der Waals surface area (Å²) in [4.78, 5) is 10.6. The van der Waals surface area contributed by atoms with Crippen molar-refractivity contribution in [1.29, 1.82) is 5.26 Å². The highest BCUT2D eigenvalue weighted by Gasteiger charge is 2.18. The second kappa shape index (κ2) is 6.31.